The molecule has 2 rings (SSSR count). The molecule has 4 nitrogen and oxygen atoms in total. The van der Waals surface area contributed by atoms with Crippen LogP contribution in [0.1, 0.15) is 15.9 Å². The number of rotatable bonds is 3. The van der Waals surface area contributed by atoms with Gasteiger partial charge in [-0.05, 0) is 24.6 Å². The lowest BCUT2D eigenvalue weighted by Gasteiger charge is -2.02. The summed E-state index contributed by atoms with van der Waals surface area (Å²) in [6, 6.07) is 7.13. The Morgan fingerprint density at radius 2 is 2.29 bits per heavy atom. The predicted molar refractivity (Wildman–Crippen MR) is 70.5 cm³/mol. The van der Waals surface area contributed by atoms with Gasteiger partial charge < -0.3 is 5.32 Å². The fraction of sp³-hybridized carbons (Fsp3) is 0.0833. The van der Waals surface area contributed by atoms with Gasteiger partial charge in [0.2, 0.25) is 0 Å². The minimum Gasteiger partial charge on any atom is -0.379 e. The molecular weight excluding hydrogens is 234 g/mol. The quantitative estimate of drug-likeness (QED) is 0.875. The summed E-state index contributed by atoms with van der Waals surface area (Å²) in [4.78, 5) is 16.0. The van der Waals surface area contributed by atoms with Gasteiger partial charge in [0, 0.05) is 12.6 Å². The largest absolute Gasteiger partial charge is 0.379 e. The van der Waals surface area contributed by atoms with E-state index in [4.69, 9.17) is 0 Å². The minimum absolute atomic E-state index is 0.174. The number of nitrogens with zero attached hydrogens (tertiary/aromatic N) is 1. The Labute approximate surface area is 104 Å². The van der Waals surface area contributed by atoms with Crippen molar-refractivity contribution in [3.8, 4) is 0 Å². The summed E-state index contributed by atoms with van der Waals surface area (Å²) in [7, 11) is 1.81. The fourth-order valence-electron chi connectivity index (χ4n) is 1.33. The van der Waals surface area contributed by atoms with Crippen molar-refractivity contribution >= 4 is 27.4 Å². The van der Waals surface area contributed by atoms with Gasteiger partial charge >= 0.3 is 0 Å². The van der Waals surface area contributed by atoms with Gasteiger partial charge in [-0.3, -0.25) is 10.1 Å². The van der Waals surface area contributed by atoms with E-state index in [2.05, 4.69) is 22.5 Å². The van der Waals surface area contributed by atoms with E-state index in [9.17, 15) is 4.79 Å². The number of anilines is 2. The van der Waals surface area contributed by atoms with Crippen LogP contribution in [0, 0.1) is 6.92 Å². The Kier molecular flexibility index (Phi) is 3.39. The van der Waals surface area contributed by atoms with E-state index in [1.807, 2.05) is 13.1 Å². The molecule has 87 valence electrons. The standard InChI is InChI=1S/C12H12N3OS/c1-8-4-3-5-9(6-8)11(16)15-12-14-7-10(13-2)17-12/h3-7,13H,1H2,2H3,(H,14,15,16). The van der Waals surface area contributed by atoms with Crippen LogP contribution in [0.4, 0.5) is 10.1 Å². The van der Waals surface area contributed by atoms with Gasteiger partial charge in [-0.1, -0.05) is 23.5 Å². The fourth-order valence-corrected chi connectivity index (χ4v) is 1.99. The first-order valence-corrected chi connectivity index (χ1v) is 5.87. The molecule has 17 heavy (non-hydrogen) atoms. The third-order valence-corrected chi connectivity index (χ3v) is 3.09. The van der Waals surface area contributed by atoms with E-state index < -0.39 is 0 Å². The maximum absolute atomic E-state index is 11.9. The second-order valence-corrected chi connectivity index (χ2v) is 4.46. The van der Waals surface area contributed by atoms with Crippen molar-refractivity contribution in [3.05, 3.63) is 48.5 Å². The van der Waals surface area contributed by atoms with E-state index in [0.29, 0.717) is 10.7 Å². The van der Waals surface area contributed by atoms with Crippen molar-refractivity contribution in [1.82, 2.24) is 4.98 Å². The molecule has 1 aromatic heterocycles. The van der Waals surface area contributed by atoms with Gasteiger partial charge in [0.15, 0.2) is 5.13 Å². The maximum atomic E-state index is 11.9. The third kappa shape index (κ3) is 2.82. The second-order valence-electron chi connectivity index (χ2n) is 3.43. The lowest BCUT2D eigenvalue weighted by Crippen LogP contribution is -2.11. The van der Waals surface area contributed by atoms with Gasteiger partial charge in [0.1, 0.15) is 5.00 Å². The summed E-state index contributed by atoms with van der Waals surface area (Å²) in [5.74, 6) is -0.174. The lowest BCUT2D eigenvalue weighted by atomic mass is 10.1. The highest BCUT2D eigenvalue weighted by Gasteiger charge is 2.08. The minimum atomic E-state index is -0.174. The third-order valence-electron chi connectivity index (χ3n) is 2.16. The van der Waals surface area contributed by atoms with E-state index in [-0.39, 0.29) is 5.91 Å². The average Bonchev–Trinajstić information content (AvgIpc) is 2.77. The predicted octanol–water partition coefficient (Wildman–Crippen LogP) is 2.62. The lowest BCUT2D eigenvalue weighted by molar-refractivity contribution is 0.102. The van der Waals surface area contributed by atoms with Crippen LogP contribution < -0.4 is 10.6 Å². The van der Waals surface area contributed by atoms with Crippen LogP contribution in [0.5, 0.6) is 0 Å². The van der Waals surface area contributed by atoms with E-state index in [0.717, 1.165) is 10.6 Å². The molecule has 0 saturated carbocycles. The second kappa shape index (κ2) is 4.97. The molecule has 0 aliphatic rings. The van der Waals surface area contributed by atoms with E-state index >= 15 is 0 Å². The zero-order valence-corrected chi connectivity index (χ0v) is 10.2. The zero-order chi connectivity index (χ0) is 12.3. The van der Waals surface area contributed by atoms with Gasteiger partial charge in [0.25, 0.3) is 5.91 Å². The number of carbonyl (C=O) groups excluding carboxylic acids is 1. The highest BCUT2D eigenvalue weighted by Crippen LogP contribution is 2.22. The summed E-state index contributed by atoms with van der Waals surface area (Å²) in [5.41, 5.74) is 1.39. The topological polar surface area (TPSA) is 54.0 Å². The van der Waals surface area contributed by atoms with Crippen LogP contribution in [-0.4, -0.2) is 17.9 Å². The Morgan fingerprint density at radius 3 is 2.94 bits per heavy atom. The number of thiazole rings is 1. The number of benzene rings is 1. The van der Waals surface area contributed by atoms with Crippen molar-refractivity contribution < 1.29 is 4.79 Å². The molecule has 1 heterocycles. The van der Waals surface area contributed by atoms with Gasteiger partial charge in [-0.25, -0.2) is 4.98 Å². The molecule has 2 aromatic rings. The first-order chi connectivity index (χ1) is 8.19. The molecule has 1 aromatic carbocycles. The van der Waals surface area contributed by atoms with Crippen LogP contribution >= 0.6 is 11.3 Å². The Bertz CT molecular complexity index is 536. The molecule has 2 N–H and O–H groups in total. The van der Waals surface area contributed by atoms with E-state index in [1.54, 1.807) is 24.4 Å². The molecule has 0 aliphatic carbocycles. The van der Waals surface area contributed by atoms with Crippen molar-refractivity contribution in [3.63, 3.8) is 0 Å². The van der Waals surface area contributed by atoms with Crippen LogP contribution in [0.15, 0.2) is 30.5 Å². The van der Waals surface area contributed by atoms with Crippen LogP contribution in [-0.2, 0) is 0 Å². The number of aromatic nitrogens is 1. The highest BCUT2D eigenvalue weighted by atomic mass is 32.1. The van der Waals surface area contributed by atoms with Gasteiger partial charge in [-0.15, -0.1) is 0 Å². The molecule has 0 bridgehead atoms. The molecule has 0 unspecified atom stereocenters. The van der Waals surface area contributed by atoms with Crippen molar-refractivity contribution in [2.45, 2.75) is 0 Å². The Morgan fingerprint density at radius 1 is 1.47 bits per heavy atom. The summed E-state index contributed by atoms with van der Waals surface area (Å²) in [6.45, 7) is 3.79. The zero-order valence-electron chi connectivity index (χ0n) is 9.36. The molecule has 5 heteroatoms. The highest BCUT2D eigenvalue weighted by molar-refractivity contribution is 7.19. The van der Waals surface area contributed by atoms with Gasteiger partial charge in [0.05, 0.1) is 6.20 Å². The molecule has 1 amide bonds. The molecule has 0 spiro atoms. The van der Waals surface area contributed by atoms with Crippen molar-refractivity contribution in [2.75, 3.05) is 17.7 Å². The van der Waals surface area contributed by atoms with Crippen LogP contribution in [0.2, 0.25) is 0 Å². The molecular formula is C12H12N3OS. The van der Waals surface area contributed by atoms with Crippen LogP contribution in [0.25, 0.3) is 0 Å². The van der Waals surface area contributed by atoms with Crippen molar-refractivity contribution in [1.29, 1.82) is 0 Å². The normalized spacial score (nSPS) is 10.0. The summed E-state index contributed by atoms with van der Waals surface area (Å²) in [5, 5.41) is 7.19. The summed E-state index contributed by atoms with van der Waals surface area (Å²) >= 11 is 1.39. The van der Waals surface area contributed by atoms with Crippen LogP contribution in [0.3, 0.4) is 0 Å². The van der Waals surface area contributed by atoms with Crippen molar-refractivity contribution in [2.24, 2.45) is 0 Å². The summed E-state index contributed by atoms with van der Waals surface area (Å²) in [6.07, 6.45) is 1.68. The first kappa shape index (κ1) is 11.6. The average molecular weight is 246 g/mol. The number of nitrogens with one attached hydrogen (secondary N) is 2. The molecule has 0 fully saturated rings. The first-order valence-electron chi connectivity index (χ1n) is 5.06. The molecule has 0 atom stereocenters. The number of carbonyl (C=O) groups is 1. The van der Waals surface area contributed by atoms with E-state index in [1.165, 1.54) is 11.3 Å². The smallest absolute Gasteiger partial charge is 0.257 e. The number of amides is 1. The Hall–Kier alpha value is -1.88. The Balaban J connectivity index is 2.11. The molecule has 0 aliphatic heterocycles. The number of hydrogen-bond donors (Lipinski definition) is 2. The SMILES string of the molecule is [CH2]c1cccc(C(=O)Nc2ncc(NC)s2)c1. The monoisotopic (exact) mass is 246 g/mol. The maximum Gasteiger partial charge on any atom is 0.257 e. The number of hydrogen-bond acceptors (Lipinski definition) is 4. The summed E-state index contributed by atoms with van der Waals surface area (Å²) < 4.78 is 0. The molecule has 0 saturated heterocycles. The van der Waals surface area contributed by atoms with Gasteiger partial charge in [-0.2, -0.15) is 0 Å². The molecule has 1 radical (unpaired) electrons.